The molecule has 8 heterocycles. The van der Waals surface area contributed by atoms with E-state index >= 15 is 0 Å². The summed E-state index contributed by atoms with van der Waals surface area (Å²) in [7, 11) is 3.11. The molecule has 0 aromatic carbocycles. The summed E-state index contributed by atoms with van der Waals surface area (Å²) in [4.78, 5) is 98.9. The Balaban J connectivity index is 0.000000174. The van der Waals surface area contributed by atoms with Gasteiger partial charge in [-0.25, -0.2) is 39.0 Å². The van der Waals surface area contributed by atoms with Crippen LogP contribution >= 0.6 is 11.6 Å². The highest BCUT2D eigenvalue weighted by Crippen LogP contribution is 2.29. The van der Waals surface area contributed by atoms with E-state index in [2.05, 4.69) is 51.1 Å². The van der Waals surface area contributed by atoms with E-state index < -0.39 is 23.4 Å². The standard InChI is InChI=1S/C27H30N8O4.C16H20ClN5O3.C10H10N4O/c1-16-28-11-10-22(30-16)34-12-6-7-20(25(34)37)31-18-13-21-19(24(36)32-17-8-9-17)15-29-35(21)23(14-18)33(5)26(38)39-27(2,3)4;1-16(2,3)25-15(24)21(4)12-7-11(17)20-13-10(8-18-22(12)13)14(23)19-9-5-6-9;1-7-12-5-4-9(13-7)14-6-2-3-8(11)10(14)15/h6-7,10-15,17,31H,8-9H2,1-5H3,(H,32,36);7-9H,5-6H2,1-4H3,(H,19,23);2-6H,11H2,1H3. The van der Waals surface area contributed by atoms with Crippen LogP contribution in [0.4, 0.5) is 38.3 Å². The molecule has 0 spiro atoms. The van der Waals surface area contributed by atoms with Gasteiger partial charge in [0.1, 0.15) is 62.5 Å². The maximum atomic E-state index is 13.4. The number of hydrogen-bond acceptors (Lipinski definition) is 17. The number of rotatable bonds is 10. The van der Waals surface area contributed by atoms with E-state index in [-0.39, 0.29) is 57.2 Å². The Hall–Kier alpha value is -9.26. The number of nitrogens with one attached hydrogen (secondary N) is 3. The van der Waals surface area contributed by atoms with Crippen molar-refractivity contribution in [1.82, 2.24) is 63.9 Å². The summed E-state index contributed by atoms with van der Waals surface area (Å²) in [5, 5.41) is 17.8. The van der Waals surface area contributed by atoms with E-state index in [1.54, 1.807) is 143 Å². The van der Waals surface area contributed by atoms with Crippen molar-refractivity contribution in [3.8, 4) is 11.6 Å². The van der Waals surface area contributed by atoms with Crippen molar-refractivity contribution in [1.29, 1.82) is 0 Å². The first-order valence-electron chi connectivity index (χ1n) is 25.0. The fourth-order valence-electron chi connectivity index (χ4n) is 7.47. The molecule has 0 unspecified atom stereocenters. The van der Waals surface area contributed by atoms with Crippen LogP contribution < -0.4 is 42.6 Å². The van der Waals surface area contributed by atoms with Gasteiger partial charge in [0, 0.05) is 68.8 Å². The lowest BCUT2D eigenvalue weighted by Crippen LogP contribution is -2.35. The third-order valence-electron chi connectivity index (χ3n) is 11.6. The van der Waals surface area contributed by atoms with E-state index in [0.29, 0.717) is 57.3 Å². The number of fused-ring (bicyclic) bond motifs is 2. The van der Waals surface area contributed by atoms with Gasteiger partial charge >= 0.3 is 12.2 Å². The third-order valence-corrected chi connectivity index (χ3v) is 11.8. The van der Waals surface area contributed by atoms with Gasteiger partial charge in [0.2, 0.25) is 0 Å². The normalized spacial score (nSPS) is 13.1. The van der Waals surface area contributed by atoms with Crippen molar-refractivity contribution >= 4 is 75.5 Å². The largest absolute Gasteiger partial charge is 0.443 e. The number of carbonyl (C=O) groups excluding carboxylic acids is 4. The molecule has 0 radical (unpaired) electrons. The number of nitrogens with zero attached hydrogens (tertiary/aromatic N) is 13. The Bertz CT molecular complexity index is 3740. The monoisotopic (exact) mass is 1100 g/mol. The average Bonchev–Trinajstić information content (AvgIpc) is 4.36. The molecule has 5 N–H and O–H groups in total. The second-order valence-corrected chi connectivity index (χ2v) is 20.9. The maximum Gasteiger partial charge on any atom is 0.415 e. The third kappa shape index (κ3) is 13.8. The number of carbonyl (C=O) groups is 4. The maximum absolute atomic E-state index is 13.4. The van der Waals surface area contributed by atoms with E-state index in [1.165, 1.54) is 46.4 Å². The summed E-state index contributed by atoms with van der Waals surface area (Å²) in [6.07, 6.45) is 12.0. The van der Waals surface area contributed by atoms with Crippen LogP contribution in [0.3, 0.4) is 0 Å². The van der Waals surface area contributed by atoms with Crippen LogP contribution in [0.2, 0.25) is 5.15 Å². The summed E-state index contributed by atoms with van der Waals surface area (Å²) in [5.74, 6) is 2.31. The van der Waals surface area contributed by atoms with Crippen molar-refractivity contribution in [2.45, 2.75) is 104 Å². The minimum absolute atomic E-state index is 0.152. The quantitative estimate of drug-likeness (QED) is 0.103. The van der Waals surface area contributed by atoms with E-state index in [1.807, 2.05) is 0 Å². The summed E-state index contributed by atoms with van der Waals surface area (Å²) < 4.78 is 16.6. The van der Waals surface area contributed by atoms with E-state index in [4.69, 9.17) is 26.8 Å². The number of anilines is 5. The molecule has 2 aliphatic rings. The molecule has 0 saturated heterocycles. The van der Waals surface area contributed by atoms with Crippen LogP contribution in [-0.2, 0) is 9.47 Å². The van der Waals surface area contributed by atoms with Crippen molar-refractivity contribution in [2.75, 3.05) is 34.9 Å². The predicted octanol–water partition coefficient (Wildman–Crippen LogP) is 6.76. The molecule has 0 atom stereocenters. The van der Waals surface area contributed by atoms with Gasteiger partial charge in [-0.2, -0.15) is 14.7 Å². The molecule has 8 aromatic heterocycles. The molecule has 2 aliphatic carbocycles. The number of aromatic nitrogens is 11. The topological polar surface area (TPSA) is 298 Å². The lowest BCUT2D eigenvalue weighted by atomic mass is 10.2. The van der Waals surface area contributed by atoms with Gasteiger partial charge in [0.25, 0.3) is 22.9 Å². The van der Waals surface area contributed by atoms with Crippen LogP contribution in [0, 0.1) is 13.8 Å². The fraction of sp³-hybridized carbons (Fsp3) is 0.340. The average molecular weight is 1100 g/mol. The van der Waals surface area contributed by atoms with Crippen molar-refractivity contribution < 1.29 is 28.7 Å². The van der Waals surface area contributed by atoms with Gasteiger partial charge in [-0.15, -0.1) is 0 Å². The minimum atomic E-state index is -0.714. The number of amides is 4. The van der Waals surface area contributed by atoms with Gasteiger partial charge < -0.3 is 31.2 Å². The lowest BCUT2D eigenvalue weighted by molar-refractivity contribution is 0.0577. The number of nitrogen functional groups attached to an aromatic ring is 1. The molecule has 2 fully saturated rings. The smallest absolute Gasteiger partial charge is 0.415 e. The predicted molar refractivity (Wildman–Crippen MR) is 296 cm³/mol. The highest BCUT2D eigenvalue weighted by molar-refractivity contribution is 6.30. The molecule has 26 heteroatoms. The van der Waals surface area contributed by atoms with Crippen LogP contribution in [0.25, 0.3) is 22.8 Å². The SMILES string of the molecule is CN(C(=O)OC(C)(C)C)c1cc(Cl)nc2c(C(=O)NC3CC3)cnn12.Cc1nccc(-n2cccc(N)c2=O)n1.Cc1nccc(-n2cccc(Nc3cc(N(C)C(=O)OC(C)(C)C)n4ncc(C(=O)NC5CC5)c4c3)c2=O)n1. The number of aryl methyl sites for hydroxylation is 2. The van der Waals surface area contributed by atoms with Crippen LogP contribution in [0.15, 0.2) is 101 Å². The second-order valence-electron chi connectivity index (χ2n) is 20.5. The summed E-state index contributed by atoms with van der Waals surface area (Å²) >= 11 is 6.09. The van der Waals surface area contributed by atoms with Gasteiger partial charge in [0.15, 0.2) is 5.65 Å². The Morgan fingerprint density at radius 1 is 0.671 bits per heavy atom. The molecule has 79 heavy (non-hydrogen) atoms. The Morgan fingerprint density at radius 3 is 1.70 bits per heavy atom. The molecular weight excluding hydrogens is 1040 g/mol. The first-order valence-corrected chi connectivity index (χ1v) is 25.4. The number of halogens is 1. The van der Waals surface area contributed by atoms with Gasteiger partial charge in [-0.3, -0.25) is 38.1 Å². The van der Waals surface area contributed by atoms with Crippen LogP contribution in [0.5, 0.6) is 0 Å². The number of ether oxygens (including phenoxy) is 2. The van der Waals surface area contributed by atoms with Gasteiger partial charge in [-0.1, -0.05) is 11.6 Å². The minimum Gasteiger partial charge on any atom is -0.443 e. The zero-order chi connectivity index (χ0) is 57.1. The summed E-state index contributed by atoms with van der Waals surface area (Å²) in [6.45, 7) is 14.2. The van der Waals surface area contributed by atoms with E-state index in [9.17, 15) is 28.8 Å². The summed E-state index contributed by atoms with van der Waals surface area (Å²) in [6, 6.07) is 15.2. The molecule has 8 aromatic rings. The molecule has 25 nitrogen and oxygen atoms in total. The molecule has 4 amide bonds. The Labute approximate surface area is 457 Å². The number of nitrogens with two attached hydrogens (primary N) is 1. The van der Waals surface area contributed by atoms with Crippen LogP contribution in [-0.4, -0.2) is 115 Å². The van der Waals surface area contributed by atoms with Gasteiger partial charge in [-0.05, 0) is 124 Å². The molecule has 2 saturated carbocycles. The number of hydrogen-bond donors (Lipinski definition) is 4. The second kappa shape index (κ2) is 22.8. The molecule has 10 rings (SSSR count). The van der Waals surface area contributed by atoms with Crippen molar-refractivity contribution in [2.24, 2.45) is 0 Å². The van der Waals surface area contributed by atoms with E-state index in [0.717, 1.165) is 25.7 Å². The highest BCUT2D eigenvalue weighted by Gasteiger charge is 2.30. The fourth-order valence-corrected chi connectivity index (χ4v) is 7.65. The van der Waals surface area contributed by atoms with Gasteiger partial charge in [0.05, 0.1) is 29.2 Å². The van der Waals surface area contributed by atoms with Crippen LogP contribution in [0.1, 0.15) is 99.6 Å². The summed E-state index contributed by atoms with van der Waals surface area (Å²) in [5.41, 5.74) is 5.93. The first-order chi connectivity index (χ1) is 37.3. The highest BCUT2D eigenvalue weighted by atomic mass is 35.5. The zero-order valence-electron chi connectivity index (χ0n) is 45.2. The lowest BCUT2D eigenvalue weighted by Gasteiger charge is -2.25. The molecular formula is C53H60ClN17O8. The molecule has 0 bridgehead atoms. The Morgan fingerprint density at radius 2 is 1.16 bits per heavy atom. The molecule has 412 valence electrons. The Kier molecular flexibility index (Phi) is 16.1. The first kappa shape index (κ1) is 56.0. The zero-order valence-corrected chi connectivity index (χ0v) is 45.9. The van der Waals surface area contributed by atoms with Crippen molar-refractivity contribution in [3.05, 3.63) is 140 Å². The van der Waals surface area contributed by atoms with Crippen molar-refractivity contribution in [3.63, 3.8) is 0 Å². The number of pyridine rings is 3. The molecule has 0 aliphatic heterocycles.